The van der Waals surface area contributed by atoms with Gasteiger partial charge in [-0.25, -0.2) is 0 Å². The molecule has 4 aliphatic rings. The molecule has 0 radical (unpaired) electrons. The van der Waals surface area contributed by atoms with Gasteiger partial charge < -0.3 is 9.94 Å². The number of aliphatic hydroxyl groups excluding tert-OH is 1. The predicted octanol–water partition coefficient (Wildman–Crippen LogP) is 5.70. The van der Waals surface area contributed by atoms with E-state index in [4.69, 9.17) is 10.1 Å². The van der Waals surface area contributed by atoms with Gasteiger partial charge in [-0.15, -0.1) is 0 Å². The molecule has 4 fully saturated rings. The van der Waals surface area contributed by atoms with Crippen molar-refractivity contribution in [3.8, 4) is 11.8 Å². The lowest BCUT2D eigenvalue weighted by molar-refractivity contribution is -0.112. The zero-order valence-corrected chi connectivity index (χ0v) is 18.3. The molecule has 160 valence electrons. The molecular weight excluding hydrogens is 372 g/mol. The Balaban J connectivity index is 1.28. The molecule has 4 aliphatic carbocycles. The Morgan fingerprint density at radius 3 is 2.53 bits per heavy atom. The van der Waals surface area contributed by atoms with Crippen LogP contribution in [0.5, 0.6) is 5.75 Å². The Bertz CT molecular complexity index is 872. The van der Waals surface area contributed by atoms with Gasteiger partial charge in [0.25, 0.3) is 0 Å². The summed E-state index contributed by atoms with van der Waals surface area (Å²) >= 11 is 0. The molecule has 1 aromatic rings. The Hall–Kier alpha value is -1.86. The van der Waals surface area contributed by atoms with E-state index in [1.54, 1.807) is 12.1 Å². The lowest BCUT2D eigenvalue weighted by Crippen LogP contribution is -2.54. The highest BCUT2D eigenvalue weighted by Gasteiger charge is 2.59. The van der Waals surface area contributed by atoms with Crippen molar-refractivity contribution in [1.82, 2.24) is 0 Å². The summed E-state index contributed by atoms with van der Waals surface area (Å²) < 4.78 is 0. The molecular formula is C26H34N2O2. The summed E-state index contributed by atoms with van der Waals surface area (Å²) in [5.74, 6) is 3.73. The number of hydrogen-bond acceptors (Lipinski definition) is 4. The van der Waals surface area contributed by atoms with E-state index < -0.39 is 0 Å². The molecule has 0 aliphatic heterocycles. The molecule has 0 amide bonds. The second kappa shape index (κ2) is 7.38. The quantitative estimate of drug-likeness (QED) is 0.641. The highest BCUT2D eigenvalue weighted by atomic mass is 16.6. The SMILES string of the molecule is C[C@]12CCC(=NOc3ccc(C#N)cc3)C[C@@H]1CC[C@@H]1[C@@H]2CC[C@]2(C)[C@@H](O)CC[C@@H]12. The van der Waals surface area contributed by atoms with Crippen molar-refractivity contribution in [1.29, 1.82) is 5.26 Å². The zero-order chi connectivity index (χ0) is 20.9. The van der Waals surface area contributed by atoms with Crippen LogP contribution in [0.1, 0.15) is 77.2 Å². The van der Waals surface area contributed by atoms with E-state index in [-0.39, 0.29) is 11.5 Å². The molecule has 30 heavy (non-hydrogen) atoms. The maximum Gasteiger partial charge on any atom is 0.158 e. The van der Waals surface area contributed by atoms with E-state index in [9.17, 15) is 5.11 Å². The summed E-state index contributed by atoms with van der Waals surface area (Å²) in [6.07, 6.45) is 10.5. The highest BCUT2D eigenvalue weighted by molar-refractivity contribution is 5.85. The van der Waals surface area contributed by atoms with Gasteiger partial charge in [0.2, 0.25) is 0 Å². The molecule has 0 saturated heterocycles. The third-order valence-corrected chi connectivity index (χ3v) is 9.71. The van der Waals surface area contributed by atoms with Crippen LogP contribution < -0.4 is 4.84 Å². The van der Waals surface area contributed by atoms with Crippen molar-refractivity contribution < 1.29 is 9.94 Å². The van der Waals surface area contributed by atoms with Gasteiger partial charge in [0.15, 0.2) is 5.75 Å². The molecule has 4 nitrogen and oxygen atoms in total. The second-order valence-electron chi connectivity index (χ2n) is 10.9. The van der Waals surface area contributed by atoms with E-state index in [1.165, 1.54) is 44.2 Å². The first-order valence-corrected chi connectivity index (χ1v) is 11.8. The van der Waals surface area contributed by atoms with Crippen LogP contribution in [0, 0.1) is 45.8 Å². The minimum Gasteiger partial charge on any atom is -0.393 e. The predicted molar refractivity (Wildman–Crippen MR) is 117 cm³/mol. The second-order valence-corrected chi connectivity index (χ2v) is 10.9. The Kier molecular flexibility index (Phi) is 4.93. The van der Waals surface area contributed by atoms with Gasteiger partial charge >= 0.3 is 0 Å². The molecule has 0 unspecified atom stereocenters. The minimum absolute atomic E-state index is 0.0848. The van der Waals surface area contributed by atoms with Gasteiger partial charge in [0, 0.05) is 0 Å². The van der Waals surface area contributed by atoms with Crippen molar-refractivity contribution in [2.75, 3.05) is 0 Å². The van der Waals surface area contributed by atoms with Crippen LogP contribution in [0.4, 0.5) is 0 Å². The number of rotatable bonds is 2. The van der Waals surface area contributed by atoms with Gasteiger partial charge in [-0.1, -0.05) is 19.0 Å². The molecule has 1 N–H and O–H groups in total. The number of benzene rings is 1. The number of nitriles is 1. The van der Waals surface area contributed by atoms with Crippen LogP contribution in [-0.2, 0) is 0 Å². The fraction of sp³-hybridized carbons (Fsp3) is 0.692. The Morgan fingerprint density at radius 1 is 1.00 bits per heavy atom. The van der Waals surface area contributed by atoms with Crippen LogP contribution in [0.3, 0.4) is 0 Å². The van der Waals surface area contributed by atoms with Gasteiger partial charge in [0.1, 0.15) is 0 Å². The molecule has 0 aromatic heterocycles. The monoisotopic (exact) mass is 406 g/mol. The third kappa shape index (κ3) is 3.09. The third-order valence-electron chi connectivity index (χ3n) is 9.71. The Labute approximate surface area is 180 Å². The summed E-state index contributed by atoms with van der Waals surface area (Å²) in [5.41, 5.74) is 2.40. The zero-order valence-electron chi connectivity index (χ0n) is 18.3. The smallest absolute Gasteiger partial charge is 0.158 e. The largest absolute Gasteiger partial charge is 0.393 e. The van der Waals surface area contributed by atoms with Crippen LogP contribution in [0.15, 0.2) is 29.4 Å². The van der Waals surface area contributed by atoms with Crippen molar-refractivity contribution >= 4 is 5.71 Å². The first-order valence-electron chi connectivity index (χ1n) is 11.8. The van der Waals surface area contributed by atoms with Crippen molar-refractivity contribution in [3.05, 3.63) is 29.8 Å². The summed E-state index contributed by atoms with van der Waals surface area (Å²) in [6.45, 7) is 4.92. The van der Waals surface area contributed by atoms with E-state index in [0.717, 1.165) is 37.0 Å². The molecule has 4 heteroatoms. The standard InChI is InChI=1S/C26H34N2O2/c1-25-13-11-19(28-30-20-6-3-17(16-27)4-7-20)15-18(25)5-8-21-22-9-10-24(29)26(22,2)14-12-23(21)25/h3-4,6-7,18,21-24,29H,5,8-15H2,1-2H3/t18-,21-,22-,23-,24-,25-,26-/m0/s1. The molecule has 0 heterocycles. The number of oxime groups is 1. The van der Waals surface area contributed by atoms with E-state index >= 15 is 0 Å². The molecule has 4 saturated carbocycles. The molecule has 1 aromatic carbocycles. The summed E-state index contributed by atoms with van der Waals surface area (Å²) in [7, 11) is 0. The minimum atomic E-state index is -0.0848. The summed E-state index contributed by atoms with van der Waals surface area (Å²) in [6, 6.07) is 9.30. The van der Waals surface area contributed by atoms with E-state index in [1.807, 2.05) is 12.1 Å². The van der Waals surface area contributed by atoms with Crippen molar-refractivity contribution in [2.24, 2.45) is 39.7 Å². The fourth-order valence-electron chi connectivity index (χ4n) is 7.82. The van der Waals surface area contributed by atoms with Gasteiger partial charge in [-0.3, -0.25) is 0 Å². The van der Waals surface area contributed by atoms with Crippen molar-refractivity contribution in [3.63, 3.8) is 0 Å². The number of nitrogens with zero attached hydrogens (tertiary/aromatic N) is 2. The maximum absolute atomic E-state index is 10.6. The van der Waals surface area contributed by atoms with Crippen LogP contribution >= 0.6 is 0 Å². The number of aliphatic hydroxyl groups is 1. The highest BCUT2D eigenvalue weighted by Crippen LogP contribution is 2.65. The molecule has 0 spiro atoms. The number of fused-ring (bicyclic) bond motifs is 5. The van der Waals surface area contributed by atoms with E-state index in [2.05, 4.69) is 25.1 Å². The van der Waals surface area contributed by atoms with Crippen LogP contribution in [-0.4, -0.2) is 16.9 Å². The maximum atomic E-state index is 10.6. The normalized spacial score (nSPS) is 43.9. The molecule has 7 atom stereocenters. The average Bonchev–Trinajstić information content (AvgIpc) is 3.07. The molecule has 0 bridgehead atoms. The van der Waals surface area contributed by atoms with Crippen molar-refractivity contribution in [2.45, 2.75) is 77.7 Å². The fourth-order valence-corrected chi connectivity index (χ4v) is 7.82. The summed E-state index contributed by atoms with van der Waals surface area (Å²) in [5, 5.41) is 24.1. The first-order chi connectivity index (χ1) is 14.4. The van der Waals surface area contributed by atoms with Gasteiger partial charge in [-0.2, -0.15) is 5.26 Å². The van der Waals surface area contributed by atoms with Gasteiger partial charge in [0.05, 0.1) is 23.4 Å². The lowest BCUT2D eigenvalue weighted by Gasteiger charge is -2.60. The topological polar surface area (TPSA) is 65.6 Å². The average molecular weight is 407 g/mol. The van der Waals surface area contributed by atoms with Crippen LogP contribution in [0.2, 0.25) is 0 Å². The summed E-state index contributed by atoms with van der Waals surface area (Å²) in [4.78, 5) is 5.70. The lowest BCUT2D eigenvalue weighted by atomic mass is 9.45. The first kappa shape index (κ1) is 20.1. The Morgan fingerprint density at radius 2 is 1.77 bits per heavy atom. The van der Waals surface area contributed by atoms with E-state index in [0.29, 0.717) is 22.6 Å². The van der Waals surface area contributed by atoms with Gasteiger partial charge in [-0.05, 0) is 117 Å². The molecule has 5 rings (SSSR count). The van der Waals surface area contributed by atoms with Crippen LogP contribution in [0.25, 0.3) is 0 Å². The number of hydrogen-bond donors (Lipinski definition) is 1.